The maximum Gasteiger partial charge on any atom is 0.291 e. The summed E-state index contributed by atoms with van der Waals surface area (Å²) in [5.41, 5.74) is 4.17. The fourth-order valence-electron chi connectivity index (χ4n) is 3.52. The maximum atomic E-state index is 13.1. The van der Waals surface area contributed by atoms with Crippen LogP contribution >= 0.6 is 11.3 Å². The molecular weight excluding hydrogens is 376 g/mol. The summed E-state index contributed by atoms with van der Waals surface area (Å²) < 4.78 is 6.06. The Balaban J connectivity index is 1.60. The number of rotatable bonds is 4. The Morgan fingerprint density at radius 2 is 2.14 bits per heavy atom. The van der Waals surface area contributed by atoms with Crippen LogP contribution in [-0.2, 0) is 27.1 Å². The lowest BCUT2D eigenvalue weighted by Gasteiger charge is -2.04. The Bertz CT molecular complexity index is 1370. The van der Waals surface area contributed by atoms with Gasteiger partial charge in [0.05, 0.1) is 23.1 Å². The first-order chi connectivity index (χ1) is 13.5. The third kappa shape index (κ3) is 2.56. The van der Waals surface area contributed by atoms with E-state index in [1.165, 1.54) is 4.68 Å². The highest BCUT2D eigenvalue weighted by molar-refractivity contribution is 7.19. The fourth-order valence-corrected chi connectivity index (χ4v) is 4.65. The number of hydrogen-bond acceptors (Lipinski definition) is 6. The second-order valence-corrected chi connectivity index (χ2v) is 7.96. The van der Waals surface area contributed by atoms with Crippen molar-refractivity contribution in [2.24, 2.45) is 14.1 Å². The topological polar surface area (TPSA) is 99.2 Å². The molecule has 0 amide bonds. The molecule has 0 radical (unpaired) electrons. The van der Waals surface area contributed by atoms with Crippen LogP contribution in [0.1, 0.15) is 22.0 Å². The van der Waals surface area contributed by atoms with Crippen molar-refractivity contribution in [2.45, 2.75) is 19.9 Å². The zero-order valence-electron chi connectivity index (χ0n) is 15.7. The number of nitrogens with one attached hydrogen (secondary N) is 1. The molecule has 0 aliphatic carbocycles. The molecule has 5 aromatic rings. The molecular formula is C18H18N8OS. The molecule has 10 heteroatoms. The summed E-state index contributed by atoms with van der Waals surface area (Å²) in [4.78, 5) is 17.8. The second-order valence-electron chi connectivity index (χ2n) is 6.88. The lowest BCUT2D eigenvalue weighted by Crippen LogP contribution is -2.25. The number of hydrogen-bond donors (Lipinski definition) is 1. The van der Waals surface area contributed by atoms with Crippen molar-refractivity contribution in [2.75, 3.05) is 0 Å². The number of fused-ring (bicyclic) bond motifs is 3. The Labute approximate surface area is 163 Å². The quantitative estimate of drug-likeness (QED) is 0.501. The van der Waals surface area contributed by atoms with Crippen LogP contribution in [0.25, 0.3) is 21.3 Å². The first kappa shape index (κ1) is 16.9. The van der Waals surface area contributed by atoms with Gasteiger partial charge in [0.25, 0.3) is 5.56 Å². The summed E-state index contributed by atoms with van der Waals surface area (Å²) in [6.07, 6.45) is 6.11. The van der Waals surface area contributed by atoms with E-state index in [2.05, 4.69) is 20.4 Å². The zero-order chi connectivity index (χ0) is 19.4. The normalized spacial score (nSPS) is 11.8. The summed E-state index contributed by atoms with van der Waals surface area (Å²) >= 11 is 1.59. The van der Waals surface area contributed by atoms with Gasteiger partial charge in [0, 0.05) is 44.0 Å². The van der Waals surface area contributed by atoms with Crippen molar-refractivity contribution >= 4 is 32.6 Å². The molecule has 0 aliphatic heterocycles. The monoisotopic (exact) mass is 394 g/mol. The van der Waals surface area contributed by atoms with Gasteiger partial charge in [-0.05, 0) is 18.6 Å². The molecule has 28 heavy (non-hydrogen) atoms. The average molecular weight is 394 g/mol. The average Bonchev–Trinajstić information content (AvgIpc) is 3.40. The highest BCUT2D eigenvalue weighted by Crippen LogP contribution is 2.31. The van der Waals surface area contributed by atoms with Gasteiger partial charge < -0.3 is 4.57 Å². The number of aromatic amines is 1. The van der Waals surface area contributed by atoms with Gasteiger partial charge in [0.15, 0.2) is 5.65 Å². The van der Waals surface area contributed by atoms with Crippen LogP contribution in [0.5, 0.6) is 0 Å². The molecule has 0 atom stereocenters. The van der Waals surface area contributed by atoms with E-state index >= 15 is 0 Å². The minimum Gasteiger partial charge on any atom is -0.323 e. The van der Waals surface area contributed by atoms with Crippen molar-refractivity contribution in [1.82, 2.24) is 39.3 Å². The van der Waals surface area contributed by atoms with E-state index in [9.17, 15) is 4.79 Å². The van der Waals surface area contributed by atoms with Crippen molar-refractivity contribution < 1.29 is 0 Å². The SMILES string of the molecule is Cc1cn(C)nc1Cn1ncc2c3sc(Cc4ccn[nH]4)nc3n(C)c2c1=O. The Morgan fingerprint density at radius 1 is 1.29 bits per heavy atom. The van der Waals surface area contributed by atoms with Crippen LogP contribution in [0, 0.1) is 6.92 Å². The predicted molar refractivity (Wildman–Crippen MR) is 107 cm³/mol. The molecule has 142 valence electrons. The van der Waals surface area contributed by atoms with Gasteiger partial charge in [0.2, 0.25) is 0 Å². The van der Waals surface area contributed by atoms with Crippen LogP contribution in [0.2, 0.25) is 0 Å². The van der Waals surface area contributed by atoms with E-state index < -0.39 is 0 Å². The minimum absolute atomic E-state index is 0.134. The van der Waals surface area contributed by atoms with Gasteiger partial charge in [-0.25, -0.2) is 9.67 Å². The van der Waals surface area contributed by atoms with Crippen LogP contribution in [0.3, 0.4) is 0 Å². The Kier molecular flexibility index (Phi) is 3.69. The molecule has 0 saturated heterocycles. The van der Waals surface area contributed by atoms with E-state index in [4.69, 9.17) is 4.98 Å². The summed E-state index contributed by atoms with van der Waals surface area (Å²) in [6, 6.07) is 1.93. The Morgan fingerprint density at radius 3 is 2.86 bits per heavy atom. The third-order valence-electron chi connectivity index (χ3n) is 4.88. The van der Waals surface area contributed by atoms with Crippen LogP contribution in [0.15, 0.2) is 29.5 Å². The van der Waals surface area contributed by atoms with E-state index in [0.717, 1.165) is 37.7 Å². The first-order valence-corrected chi connectivity index (χ1v) is 9.64. The second kappa shape index (κ2) is 6.13. The summed E-state index contributed by atoms with van der Waals surface area (Å²) in [6.45, 7) is 2.33. The third-order valence-corrected chi connectivity index (χ3v) is 5.96. The van der Waals surface area contributed by atoms with Gasteiger partial charge in [-0.3, -0.25) is 14.6 Å². The van der Waals surface area contributed by atoms with Gasteiger partial charge >= 0.3 is 0 Å². The number of aryl methyl sites for hydroxylation is 3. The molecule has 0 saturated carbocycles. The summed E-state index contributed by atoms with van der Waals surface area (Å²) in [5, 5.41) is 17.6. The highest BCUT2D eigenvalue weighted by atomic mass is 32.1. The molecule has 0 aliphatic rings. The molecule has 0 aromatic carbocycles. The highest BCUT2D eigenvalue weighted by Gasteiger charge is 2.19. The molecule has 0 spiro atoms. The van der Waals surface area contributed by atoms with Crippen molar-refractivity contribution in [3.05, 3.63) is 57.0 Å². The van der Waals surface area contributed by atoms with E-state index in [1.807, 2.05) is 37.8 Å². The lowest BCUT2D eigenvalue weighted by molar-refractivity contribution is 0.617. The largest absolute Gasteiger partial charge is 0.323 e. The Hall–Kier alpha value is -3.27. The molecule has 5 rings (SSSR count). The standard InChI is InChI=1S/C18H18N8OS/c1-10-8-24(2)23-13(10)9-26-18(27)15-12(7-20-26)16-17(25(15)3)21-14(28-16)6-11-4-5-19-22-11/h4-5,7-8H,6,9H2,1-3H3,(H,19,22). The van der Waals surface area contributed by atoms with Gasteiger partial charge in [-0.2, -0.15) is 15.3 Å². The van der Waals surface area contributed by atoms with Gasteiger partial charge in [-0.1, -0.05) is 0 Å². The van der Waals surface area contributed by atoms with E-state index in [-0.39, 0.29) is 5.56 Å². The number of H-pyrrole nitrogens is 1. The zero-order valence-corrected chi connectivity index (χ0v) is 16.5. The lowest BCUT2D eigenvalue weighted by atomic mass is 10.3. The van der Waals surface area contributed by atoms with Crippen LogP contribution in [-0.4, -0.2) is 39.3 Å². The van der Waals surface area contributed by atoms with E-state index in [1.54, 1.807) is 28.4 Å². The fraction of sp³-hybridized carbons (Fsp3) is 0.278. The predicted octanol–water partition coefficient (Wildman–Crippen LogP) is 1.75. The van der Waals surface area contributed by atoms with Crippen molar-refractivity contribution in [1.29, 1.82) is 0 Å². The van der Waals surface area contributed by atoms with Crippen molar-refractivity contribution in [3.63, 3.8) is 0 Å². The maximum absolute atomic E-state index is 13.1. The molecule has 9 nitrogen and oxygen atoms in total. The van der Waals surface area contributed by atoms with E-state index in [0.29, 0.717) is 18.5 Å². The van der Waals surface area contributed by atoms with Gasteiger partial charge in [0.1, 0.15) is 10.5 Å². The molecule has 0 bridgehead atoms. The molecule has 0 unspecified atom stereocenters. The first-order valence-electron chi connectivity index (χ1n) is 8.82. The number of aromatic nitrogens is 8. The number of thiazole rings is 1. The minimum atomic E-state index is -0.134. The van der Waals surface area contributed by atoms with Crippen molar-refractivity contribution in [3.8, 4) is 0 Å². The van der Waals surface area contributed by atoms with Crippen LogP contribution < -0.4 is 5.56 Å². The summed E-state index contributed by atoms with van der Waals surface area (Å²) in [5.74, 6) is 0. The molecule has 5 aromatic heterocycles. The smallest absolute Gasteiger partial charge is 0.291 e. The molecule has 1 N–H and O–H groups in total. The number of nitrogens with zero attached hydrogens (tertiary/aromatic N) is 7. The van der Waals surface area contributed by atoms with Crippen LogP contribution in [0.4, 0.5) is 0 Å². The summed E-state index contributed by atoms with van der Waals surface area (Å²) in [7, 11) is 3.75. The van der Waals surface area contributed by atoms with Gasteiger partial charge in [-0.15, -0.1) is 11.3 Å². The molecule has 5 heterocycles. The molecule has 0 fully saturated rings.